The summed E-state index contributed by atoms with van der Waals surface area (Å²) in [6.45, 7) is 4.41. The molecule has 1 aromatic heterocycles. The molecule has 6 heteroatoms. The molecule has 0 aliphatic heterocycles. The lowest BCUT2D eigenvalue weighted by molar-refractivity contribution is 0.528. The molecule has 0 saturated heterocycles. The van der Waals surface area contributed by atoms with Crippen molar-refractivity contribution in [1.29, 1.82) is 0 Å². The summed E-state index contributed by atoms with van der Waals surface area (Å²) < 4.78 is 29.8. The maximum atomic E-state index is 14.0. The highest BCUT2D eigenvalue weighted by Crippen LogP contribution is 2.31. The van der Waals surface area contributed by atoms with Gasteiger partial charge in [-0.15, -0.1) is 0 Å². The van der Waals surface area contributed by atoms with Gasteiger partial charge in [-0.25, -0.2) is 13.8 Å². The second-order valence-corrected chi connectivity index (χ2v) is 5.82. The van der Waals surface area contributed by atoms with E-state index in [1.165, 1.54) is 12.1 Å². The van der Waals surface area contributed by atoms with Crippen LogP contribution < -0.4 is 5.32 Å². The molecule has 1 heterocycles. The Morgan fingerprint density at radius 2 is 1.95 bits per heavy atom. The Morgan fingerprint density at radius 1 is 1.30 bits per heavy atom. The molecule has 0 unspecified atom stereocenters. The van der Waals surface area contributed by atoms with E-state index in [0.717, 1.165) is 11.8 Å². The van der Waals surface area contributed by atoms with Gasteiger partial charge in [0.15, 0.2) is 5.16 Å². The Balaban J connectivity index is 2.20. The largest absolute Gasteiger partial charge is 0.329 e. The standard InChI is InChI=1S/C14H17F2N3S/c1-9(2)18-8-10-6-11(15)13(12(16)7-10)20-14-17-4-5-19(14)3/h4-7,9,18H,8H2,1-3H3. The van der Waals surface area contributed by atoms with Gasteiger partial charge in [0.05, 0.1) is 4.90 Å². The van der Waals surface area contributed by atoms with Crippen molar-refractivity contribution < 1.29 is 8.78 Å². The first-order chi connectivity index (χ1) is 9.47. The van der Waals surface area contributed by atoms with E-state index in [1.54, 1.807) is 24.0 Å². The molecule has 0 saturated carbocycles. The molecule has 0 atom stereocenters. The number of benzene rings is 1. The SMILES string of the molecule is CC(C)NCc1cc(F)c(Sc2nccn2C)c(F)c1. The molecule has 0 amide bonds. The highest BCUT2D eigenvalue weighted by Gasteiger charge is 2.15. The van der Waals surface area contributed by atoms with Crippen molar-refractivity contribution in [1.82, 2.24) is 14.9 Å². The van der Waals surface area contributed by atoms with Crippen molar-refractivity contribution in [2.24, 2.45) is 7.05 Å². The normalized spacial score (nSPS) is 11.3. The lowest BCUT2D eigenvalue weighted by atomic mass is 10.2. The molecule has 0 bridgehead atoms. The van der Waals surface area contributed by atoms with Gasteiger partial charge in [-0.1, -0.05) is 13.8 Å². The first kappa shape index (κ1) is 15.0. The number of aromatic nitrogens is 2. The van der Waals surface area contributed by atoms with Crippen LogP contribution in [-0.4, -0.2) is 15.6 Å². The van der Waals surface area contributed by atoms with E-state index in [-0.39, 0.29) is 10.9 Å². The van der Waals surface area contributed by atoms with E-state index in [4.69, 9.17) is 0 Å². The molecule has 2 aromatic rings. The monoisotopic (exact) mass is 297 g/mol. The Kier molecular flexibility index (Phi) is 4.77. The Labute approximate surface area is 121 Å². The third-order valence-electron chi connectivity index (χ3n) is 2.74. The van der Waals surface area contributed by atoms with Crippen molar-refractivity contribution >= 4 is 11.8 Å². The minimum absolute atomic E-state index is 0.0207. The molecule has 1 N–H and O–H groups in total. The smallest absolute Gasteiger partial charge is 0.172 e. The molecular formula is C14H17F2N3S. The van der Waals surface area contributed by atoms with Crippen molar-refractivity contribution in [3.05, 3.63) is 41.7 Å². The van der Waals surface area contributed by atoms with Crippen LogP contribution in [0.4, 0.5) is 8.78 Å². The molecule has 2 rings (SSSR count). The van der Waals surface area contributed by atoms with Gasteiger partial charge in [-0.3, -0.25) is 0 Å². The third-order valence-corrected chi connectivity index (χ3v) is 3.91. The highest BCUT2D eigenvalue weighted by atomic mass is 32.2. The number of aryl methyl sites for hydroxylation is 1. The molecule has 0 spiro atoms. The van der Waals surface area contributed by atoms with Gasteiger partial charge in [0, 0.05) is 32.0 Å². The van der Waals surface area contributed by atoms with E-state index in [0.29, 0.717) is 17.3 Å². The van der Waals surface area contributed by atoms with Gasteiger partial charge in [0.2, 0.25) is 0 Å². The number of halogens is 2. The van der Waals surface area contributed by atoms with Gasteiger partial charge in [0.25, 0.3) is 0 Å². The Morgan fingerprint density at radius 3 is 2.45 bits per heavy atom. The van der Waals surface area contributed by atoms with Crippen molar-refractivity contribution in [3.8, 4) is 0 Å². The van der Waals surface area contributed by atoms with E-state index in [9.17, 15) is 8.78 Å². The number of nitrogens with one attached hydrogen (secondary N) is 1. The summed E-state index contributed by atoms with van der Waals surface area (Å²) >= 11 is 0.989. The quantitative estimate of drug-likeness (QED) is 0.918. The fourth-order valence-corrected chi connectivity index (χ4v) is 2.49. The molecular weight excluding hydrogens is 280 g/mol. The molecule has 0 aliphatic carbocycles. The minimum Gasteiger partial charge on any atom is -0.329 e. The maximum Gasteiger partial charge on any atom is 0.172 e. The van der Waals surface area contributed by atoms with Gasteiger partial charge in [-0.2, -0.15) is 0 Å². The molecule has 3 nitrogen and oxygen atoms in total. The van der Waals surface area contributed by atoms with Crippen molar-refractivity contribution in [2.45, 2.75) is 36.5 Å². The van der Waals surface area contributed by atoms with Crippen LogP contribution in [-0.2, 0) is 13.6 Å². The molecule has 20 heavy (non-hydrogen) atoms. The third kappa shape index (κ3) is 3.58. The second kappa shape index (κ2) is 6.37. The van der Waals surface area contributed by atoms with Crippen molar-refractivity contribution in [3.63, 3.8) is 0 Å². The average molecular weight is 297 g/mol. The first-order valence-electron chi connectivity index (χ1n) is 6.34. The zero-order valence-corrected chi connectivity index (χ0v) is 12.5. The summed E-state index contributed by atoms with van der Waals surface area (Å²) in [5.74, 6) is -1.11. The van der Waals surface area contributed by atoms with Gasteiger partial charge in [0.1, 0.15) is 11.6 Å². The maximum absolute atomic E-state index is 14.0. The first-order valence-corrected chi connectivity index (χ1v) is 7.15. The van der Waals surface area contributed by atoms with E-state index >= 15 is 0 Å². The highest BCUT2D eigenvalue weighted by molar-refractivity contribution is 7.99. The number of nitrogens with zero attached hydrogens (tertiary/aromatic N) is 2. The predicted octanol–water partition coefficient (Wildman–Crippen LogP) is 3.35. The fourth-order valence-electron chi connectivity index (χ4n) is 1.68. The van der Waals surface area contributed by atoms with E-state index in [1.807, 2.05) is 13.8 Å². The predicted molar refractivity (Wildman–Crippen MR) is 75.7 cm³/mol. The lowest BCUT2D eigenvalue weighted by Crippen LogP contribution is -2.22. The molecule has 0 radical (unpaired) electrons. The zero-order valence-electron chi connectivity index (χ0n) is 11.7. The fraction of sp³-hybridized carbons (Fsp3) is 0.357. The topological polar surface area (TPSA) is 29.9 Å². The second-order valence-electron chi connectivity index (χ2n) is 4.85. The molecule has 1 aromatic carbocycles. The number of hydrogen-bond acceptors (Lipinski definition) is 3. The molecule has 0 aliphatic rings. The summed E-state index contributed by atoms with van der Waals surface area (Å²) in [7, 11) is 1.78. The zero-order chi connectivity index (χ0) is 14.7. The van der Waals surface area contributed by atoms with Gasteiger partial charge >= 0.3 is 0 Å². The van der Waals surface area contributed by atoms with Crippen LogP contribution in [0.3, 0.4) is 0 Å². The summed E-state index contributed by atoms with van der Waals surface area (Å²) in [5.41, 5.74) is 0.595. The Bertz CT molecular complexity index is 573. The molecule has 108 valence electrons. The van der Waals surface area contributed by atoms with Crippen LogP contribution in [0.15, 0.2) is 34.6 Å². The Hall–Kier alpha value is -1.40. The van der Waals surface area contributed by atoms with E-state index < -0.39 is 11.6 Å². The number of imidazole rings is 1. The molecule has 0 fully saturated rings. The summed E-state index contributed by atoms with van der Waals surface area (Å²) in [6, 6.07) is 3.00. The summed E-state index contributed by atoms with van der Waals surface area (Å²) in [4.78, 5) is 4.03. The van der Waals surface area contributed by atoms with E-state index in [2.05, 4.69) is 10.3 Å². The van der Waals surface area contributed by atoms with Gasteiger partial charge in [-0.05, 0) is 29.5 Å². The van der Waals surface area contributed by atoms with Gasteiger partial charge < -0.3 is 9.88 Å². The summed E-state index contributed by atoms with van der Waals surface area (Å²) in [5, 5.41) is 3.69. The summed E-state index contributed by atoms with van der Waals surface area (Å²) in [6.07, 6.45) is 3.33. The van der Waals surface area contributed by atoms with Crippen LogP contribution in [0.25, 0.3) is 0 Å². The lowest BCUT2D eigenvalue weighted by Gasteiger charge is -2.10. The van der Waals surface area contributed by atoms with Crippen LogP contribution >= 0.6 is 11.8 Å². The average Bonchev–Trinajstić information content (AvgIpc) is 2.77. The van der Waals surface area contributed by atoms with Crippen LogP contribution in [0.2, 0.25) is 0 Å². The minimum atomic E-state index is -0.557. The number of hydrogen-bond donors (Lipinski definition) is 1. The van der Waals surface area contributed by atoms with Crippen LogP contribution in [0, 0.1) is 11.6 Å². The number of rotatable bonds is 5. The van der Waals surface area contributed by atoms with Crippen LogP contribution in [0.5, 0.6) is 0 Å². The van der Waals surface area contributed by atoms with Crippen LogP contribution in [0.1, 0.15) is 19.4 Å². The van der Waals surface area contributed by atoms with Crippen molar-refractivity contribution in [2.75, 3.05) is 0 Å².